The number of halogens is 3. The highest BCUT2D eigenvalue weighted by atomic mass is 32.2. The number of aliphatic carboxylic acids is 1. The summed E-state index contributed by atoms with van der Waals surface area (Å²) in [7, 11) is 0. The molecular formula is C10H7F3O2S. The summed E-state index contributed by atoms with van der Waals surface area (Å²) in [5.74, 6) is -1.10. The maximum absolute atomic E-state index is 12.0. The van der Waals surface area contributed by atoms with Gasteiger partial charge in [-0.2, -0.15) is 13.2 Å². The second kappa shape index (κ2) is 5.07. The highest BCUT2D eigenvalue weighted by molar-refractivity contribution is 8.00. The maximum atomic E-state index is 12.0. The van der Waals surface area contributed by atoms with E-state index >= 15 is 0 Å². The molecule has 0 spiro atoms. The second-order valence-corrected chi connectivity index (χ2v) is 3.93. The molecule has 1 rings (SSSR count). The van der Waals surface area contributed by atoms with Crippen LogP contribution in [-0.2, 0) is 4.79 Å². The normalized spacial score (nSPS) is 11.9. The number of benzene rings is 1. The highest BCUT2D eigenvalue weighted by Gasteiger charge is 2.28. The van der Waals surface area contributed by atoms with E-state index in [1.165, 1.54) is 30.3 Å². The maximum Gasteiger partial charge on any atom is 0.446 e. The summed E-state index contributed by atoms with van der Waals surface area (Å²) in [6.45, 7) is 0. The lowest BCUT2D eigenvalue weighted by molar-refractivity contribution is -0.131. The number of rotatable bonds is 3. The van der Waals surface area contributed by atoms with Gasteiger partial charge in [0.05, 0.1) is 0 Å². The molecule has 0 aliphatic rings. The summed E-state index contributed by atoms with van der Waals surface area (Å²) >= 11 is -0.207. The van der Waals surface area contributed by atoms with Crippen molar-refractivity contribution >= 4 is 23.8 Å². The minimum Gasteiger partial charge on any atom is -0.478 e. The van der Waals surface area contributed by atoms with E-state index in [0.717, 1.165) is 6.08 Å². The van der Waals surface area contributed by atoms with Crippen molar-refractivity contribution in [2.75, 3.05) is 0 Å². The van der Waals surface area contributed by atoms with E-state index in [2.05, 4.69) is 0 Å². The Balaban J connectivity index is 2.72. The molecule has 1 aromatic carbocycles. The van der Waals surface area contributed by atoms with E-state index in [1.54, 1.807) is 0 Å². The fraction of sp³-hybridized carbons (Fsp3) is 0.100. The quantitative estimate of drug-likeness (QED) is 0.658. The topological polar surface area (TPSA) is 37.3 Å². The summed E-state index contributed by atoms with van der Waals surface area (Å²) in [6, 6.07) is 5.43. The molecule has 6 heteroatoms. The van der Waals surface area contributed by atoms with Gasteiger partial charge in [0.25, 0.3) is 0 Å². The van der Waals surface area contributed by atoms with Crippen LogP contribution in [-0.4, -0.2) is 16.6 Å². The fourth-order valence-corrected chi connectivity index (χ4v) is 1.49. The van der Waals surface area contributed by atoms with Crippen LogP contribution in [0.15, 0.2) is 35.2 Å². The molecule has 16 heavy (non-hydrogen) atoms. The van der Waals surface area contributed by atoms with E-state index in [1.807, 2.05) is 0 Å². The minimum absolute atomic E-state index is 0.0694. The van der Waals surface area contributed by atoms with Crippen LogP contribution in [0.5, 0.6) is 0 Å². The molecular weight excluding hydrogens is 241 g/mol. The van der Waals surface area contributed by atoms with Gasteiger partial charge >= 0.3 is 11.5 Å². The van der Waals surface area contributed by atoms with Crippen LogP contribution in [0.25, 0.3) is 6.08 Å². The van der Waals surface area contributed by atoms with Crippen molar-refractivity contribution in [3.63, 3.8) is 0 Å². The third-order valence-electron chi connectivity index (χ3n) is 1.53. The SMILES string of the molecule is O=C(O)/C=C/c1ccc(SC(F)(F)F)cc1. The molecule has 0 saturated carbocycles. The molecule has 86 valence electrons. The van der Waals surface area contributed by atoms with Gasteiger partial charge in [0, 0.05) is 11.0 Å². The van der Waals surface area contributed by atoms with Gasteiger partial charge < -0.3 is 5.11 Å². The van der Waals surface area contributed by atoms with Crippen molar-refractivity contribution in [3.8, 4) is 0 Å². The standard InChI is InChI=1S/C10H7F3O2S/c11-10(12,13)16-8-4-1-7(2-5-8)3-6-9(14)15/h1-6H,(H,14,15)/b6-3+. The number of carbonyl (C=O) groups is 1. The van der Waals surface area contributed by atoms with Crippen LogP contribution < -0.4 is 0 Å². The molecule has 0 aromatic heterocycles. The number of carboxylic acids is 1. The van der Waals surface area contributed by atoms with Crippen molar-refractivity contribution in [1.29, 1.82) is 0 Å². The van der Waals surface area contributed by atoms with Crippen molar-refractivity contribution in [2.45, 2.75) is 10.4 Å². The van der Waals surface area contributed by atoms with Crippen molar-refractivity contribution in [3.05, 3.63) is 35.9 Å². The molecule has 0 heterocycles. The van der Waals surface area contributed by atoms with Crippen molar-refractivity contribution in [2.24, 2.45) is 0 Å². The van der Waals surface area contributed by atoms with Gasteiger partial charge in [-0.1, -0.05) is 12.1 Å². The van der Waals surface area contributed by atoms with Gasteiger partial charge in [0.1, 0.15) is 0 Å². The average Bonchev–Trinajstić information content (AvgIpc) is 2.14. The van der Waals surface area contributed by atoms with Gasteiger partial charge in [-0.3, -0.25) is 0 Å². The number of alkyl halides is 3. The highest BCUT2D eigenvalue weighted by Crippen LogP contribution is 2.36. The van der Waals surface area contributed by atoms with Crippen LogP contribution >= 0.6 is 11.8 Å². The lowest BCUT2D eigenvalue weighted by Crippen LogP contribution is -1.98. The summed E-state index contributed by atoms with van der Waals surface area (Å²) < 4.78 is 35.9. The van der Waals surface area contributed by atoms with Gasteiger partial charge in [0.15, 0.2) is 0 Å². The number of carboxylic acid groups (broad SMARTS) is 1. The summed E-state index contributed by atoms with van der Waals surface area (Å²) in [4.78, 5) is 10.3. The fourth-order valence-electron chi connectivity index (χ4n) is 0.948. The Morgan fingerprint density at radius 1 is 1.25 bits per heavy atom. The van der Waals surface area contributed by atoms with Gasteiger partial charge in [0.2, 0.25) is 0 Å². The summed E-state index contributed by atoms with van der Waals surface area (Å²) in [5.41, 5.74) is -3.77. The first-order valence-electron chi connectivity index (χ1n) is 4.13. The molecule has 2 nitrogen and oxygen atoms in total. The predicted octanol–water partition coefficient (Wildman–Crippen LogP) is 3.40. The summed E-state index contributed by atoms with van der Waals surface area (Å²) in [5, 5.41) is 8.34. The Labute approximate surface area is 93.8 Å². The first kappa shape index (κ1) is 12.6. The predicted molar refractivity (Wildman–Crippen MR) is 55.0 cm³/mol. The van der Waals surface area contributed by atoms with Crippen LogP contribution in [0.2, 0.25) is 0 Å². The van der Waals surface area contributed by atoms with E-state index in [4.69, 9.17) is 5.11 Å². The van der Waals surface area contributed by atoms with Gasteiger partial charge in [-0.05, 0) is 35.5 Å². The molecule has 0 aliphatic heterocycles. The first-order valence-corrected chi connectivity index (χ1v) is 4.95. The Bertz CT molecular complexity index is 396. The first-order chi connectivity index (χ1) is 7.37. The van der Waals surface area contributed by atoms with Crippen LogP contribution in [0.3, 0.4) is 0 Å². The van der Waals surface area contributed by atoms with Crippen molar-refractivity contribution < 1.29 is 23.1 Å². The van der Waals surface area contributed by atoms with E-state index in [9.17, 15) is 18.0 Å². The number of hydrogen-bond donors (Lipinski definition) is 1. The lowest BCUT2D eigenvalue weighted by Gasteiger charge is -2.04. The van der Waals surface area contributed by atoms with Crippen LogP contribution in [0, 0.1) is 0 Å². The molecule has 1 aromatic rings. The lowest BCUT2D eigenvalue weighted by atomic mass is 10.2. The number of thioether (sulfide) groups is 1. The molecule has 0 fully saturated rings. The third kappa shape index (κ3) is 4.88. The van der Waals surface area contributed by atoms with Crippen LogP contribution in [0.1, 0.15) is 5.56 Å². The third-order valence-corrected chi connectivity index (χ3v) is 2.27. The minimum atomic E-state index is -4.31. The van der Waals surface area contributed by atoms with E-state index in [0.29, 0.717) is 5.56 Å². The zero-order valence-electron chi connectivity index (χ0n) is 7.86. The Hall–Kier alpha value is -1.43. The Morgan fingerprint density at radius 3 is 2.25 bits per heavy atom. The molecule has 0 saturated heterocycles. The number of hydrogen-bond acceptors (Lipinski definition) is 2. The van der Waals surface area contributed by atoms with Gasteiger partial charge in [-0.15, -0.1) is 0 Å². The Kier molecular flexibility index (Phi) is 4.00. The molecule has 0 atom stereocenters. The monoisotopic (exact) mass is 248 g/mol. The molecule has 1 N–H and O–H groups in total. The second-order valence-electron chi connectivity index (χ2n) is 2.79. The molecule has 0 aliphatic carbocycles. The Morgan fingerprint density at radius 2 is 1.81 bits per heavy atom. The smallest absolute Gasteiger partial charge is 0.446 e. The van der Waals surface area contributed by atoms with E-state index in [-0.39, 0.29) is 16.7 Å². The average molecular weight is 248 g/mol. The van der Waals surface area contributed by atoms with Crippen molar-refractivity contribution in [1.82, 2.24) is 0 Å². The molecule has 0 radical (unpaired) electrons. The zero-order chi connectivity index (χ0) is 12.2. The largest absolute Gasteiger partial charge is 0.478 e. The summed E-state index contributed by atoms with van der Waals surface area (Å²) in [6.07, 6.45) is 2.23. The zero-order valence-corrected chi connectivity index (χ0v) is 8.68. The molecule has 0 bridgehead atoms. The van der Waals surface area contributed by atoms with Gasteiger partial charge in [-0.25, -0.2) is 4.79 Å². The molecule has 0 amide bonds. The van der Waals surface area contributed by atoms with E-state index < -0.39 is 11.5 Å². The molecule has 0 unspecified atom stereocenters. The van der Waals surface area contributed by atoms with Crippen LogP contribution in [0.4, 0.5) is 13.2 Å².